The van der Waals surface area contributed by atoms with Crippen molar-refractivity contribution in [3.8, 4) is 0 Å². The van der Waals surface area contributed by atoms with Crippen LogP contribution in [0.15, 0.2) is 30.5 Å². The fourth-order valence-corrected chi connectivity index (χ4v) is 2.09. The molecule has 0 saturated heterocycles. The normalized spacial score (nSPS) is 12.7. The van der Waals surface area contributed by atoms with Gasteiger partial charge in [0.05, 0.1) is 11.7 Å². The highest BCUT2D eigenvalue weighted by atomic mass is 19.1. The molecule has 2 aromatic rings. The summed E-state index contributed by atoms with van der Waals surface area (Å²) in [7, 11) is 3.75. The Balaban J connectivity index is 2.43. The molecule has 1 N–H and O–H groups in total. The number of nitrogens with zero attached hydrogens (tertiary/aromatic N) is 2. The van der Waals surface area contributed by atoms with Gasteiger partial charge in [-0.1, -0.05) is 12.1 Å². The number of aryl methyl sites for hydroxylation is 2. The maximum Gasteiger partial charge on any atom is 0.123 e. The van der Waals surface area contributed by atoms with E-state index in [1.807, 2.05) is 33.3 Å². The van der Waals surface area contributed by atoms with Crippen LogP contribution in [-0.2, 0) is 7.05 Å². The average Bonchev–Trinajstić information content (AvgIpc) is 2.59. The minimum atomic E-state index is -0.218. The van der Waals surface area contributed by atoms with Crippen molar-refractivity contribution in [3.05, 3.63) is 53.1 Å². The van der Waals surface area contributed by atoms with E-state index in [0.717, 1.165) is 16.8 Å². The van der Waals surface area contributed by atoms with Crippen molar-refractivity contribution in [2.45, 2.75) is 13.0 Å². The van der Waals surface area contributed by atoms with Gasteiger partial charge in [-0.2, -0.15) is 5.10 Å². The van der Waals surface area contributed by atoms with Gasteiger partial charge in [0.25, 0.3) is 0 Å². The molecular formula is C13H16FN3. The summed E-state index contributed by atoms with van der Waals surface area (Å²) in [6.45, 7) is 1.96. The Morgan fingerprint density at radius 3 is 2.71 bits per heavy atom. The maximum absolute atomic E-state index is 13.2. The summed E-state index contributed by atoms with van der Waals surface area (Å²) >= 11 is 0. The summed E-state index contributed by atoms with van der Waals surface area (Å²) in [5.41, 5.74) is 2.93. The lowest BCUT2D eigenvalue weighted by Crippen LogP contribution is -2.18. The Hall–Kier alpha value is -1.68. The van der Waals surface area contributed by atoms with Gasteiger partial charge < -0.3 is 5.32 Å². The third-order valence-corrected chi connectivity index (χ3v) is 2.83. The van der Waals surface area contributed by atoms with Gasteiger partial charge in [-0.3, -0.25) is 4.68 Å². The molecule has 0 radical (unpaired) electrons. The van der Waals surface area contributed by atoms with Gasteiger partial charge >= 0.3 is 0 Å². The highest BCUT2D eigenvalue weighted by Gasteiger charge is 2.17. The molecule has 0 bridgehead atoms. The lowest BCUT2D eigenvalue weighted by molar-refractivity contribution is 0.616. The van der Waals surface area contributed by atoms with Gasteiger partial charge in [-0.05, 0) is 31.7 Å². The molecule has 0 aliphatic heterocycles. The highest BCUT2D eigenvalue weighted by molar-refractivity contribution is 5.32. The van der Waals surface area contributed by atoms with Crippen LogP contribution in [0.4, 0.5) is 4.39 Å². The third-order valence-electron chi connectivity index (χ3n) is 2.83. The molecule has 0 fully saturated rings. The first-order chi connectivity index (χ1) is 8.11. The number of aromatic nitrogens is 2. The Morgan fingerprint density at radius 1 is 1.41 bits per heavy atom. The van der Waals surface area contributed by atoms with Gasteiger partial charge in [0, 0.05) is 18.8 Å². The van der Waals surface area contributed by atoms with Crippen LogP contribution in [0.5, 0.6) is 0 Å². The molecule has 0 aliphatic rings. The predicted octanol–water partition coefficient (Wildman–Crippen LogP) is 2.18. The molecule has 17 heavy (non-hydrogen) atoms. The standard InChI is InChI=1S/C13H16FN3/c1-9-12(8-17(3)16-9)13(15-2)10-5-4-6-11(14)7-10/h4-8,13,15H,1-3H3. The first-order valence-corrected chi connectivity index (χ1v) is 5.54. The van der Waals surface area contributed by atoms with E-state index in [0.29, 0.717) is 0 Å². The first kappa shape index (κ1) is 11.8. The van der Waals surface area contributed by atoms with E-state index >= 15 is 0 Å². The molecular weight excluding hydrogens is 217 g/mol. The van der Waals surface area contributed by atoms with Crippen molar-refractivity contribution in [1.82, 2.24) is 15.1 Å². The largest absolute Gasteiger partial charge is 0.309 e. The van der Waals surface area contributed by atoms with Crippen molar-refractivity contribution in [3.63, 3.8) is 0 Å². The second kappa shape index (κ2) is 4.67. The molecule has 0 saturated carbocycles. The summed E-state index contributed by atoms with van der Waals surface area (Å²) < 4.78 is 15.0. The SMILES string of the molecule is CNC(c1cccc(F)c1)c1cn(C)nc1C. The molecule has 0 amide bonds. The number of rotatable bonds is 3. The Bertz CT molecular complexity index is 519. The van der Waals surface area contributed by atoms with Crippen LogP contribution in [0.25, 0.3) is 0 Å². The number of halogens is 1. The van der Waals surface area contributed by atoms with Crippen molar-refractivity contribution in [1.29, 1.82) is 0 Å². The van der Waals surface area contributed by atoms with Gasteiger partial charge in [-0.25, -0.2) is 4.39 Å². The maximum atomic E-state index is 13.2. The zero-order chi connectivity index (χ0) is 12.4. The molecule has 0 aliphatic carbocycles. The molecule has 1 aromatic heterocycles. The summed E-state index contributed by atoms with van der Waals surface area (Å²) in [4.78, 5) is 0. The summed E-state index contributed by atoms with van der Waals surface area (Å²) in [5.74, 6) is -0.218. The van der Waals surface area contributed by atoms with Gasteiger partial charge in [0.15, 0.2) is 0 Å². The quantitative estimate of drug-likeness (QED) is 0.880. The first-order valence-electron chi connectivity index (χ1n) is 5.54. The molecule has 90 valence electrons. The van der Waals surface area contributed by atoms with Crippen LogP contribution in [-0.4, -0.2) is 16.8 Å². The van der Waals surface area contributed by atoms with E-state index in [-0.39, 0.29) is 11.9 Å². The molecule has 4 heteroatoms. The van der Waals surface area contributed by atoms with Crippen LogP contribution in [0.2, 0.25) is 0 Å². The fraction of sp³-hybridized carbons (Fsp3) is 0.308. The Labute approximate surface area is 100 Å². The molecule has 1 aromatic carbocycles. The Morgan fingerprint density at radius 2 is 2.18 bits per heavy atom. The zero-order valence-electron chi connectivity index (χ0n) is 10.2. The minimum Gasteiger partial charge on any atom is -0.309 e. The van der Waals surface area contributed by atoms with Crippen molar-refractivity contribution >= 4 is 0 Å². The fourth-order valence-electron chi connectivity index (χ4n) is 2.09. The second-order valence-corrected chi connectivity index (χ2v) is 4.12. The van der Waals surface area contributed by atoms with Gasteiger partial charge in [0.1, 0.15) is 5.82 Å². The number of benzene rings is 1. The zero-order valence-corrected chi connectivity index (χ0v) is 10.2. The number of hydrogen-bond donors (Lipinski definition) is 1. The van der Waals surface area contributed by atoms with Crippen molar-refractivity contribution in [2.75, 3.05) is 7.05 Å². The van der Waals surface area contributed by atoms with E-state index in [2.05, 4.69) is 10.4 Å². The van der Waals surface area contributed by atoms with Crippen LogP contribution in [0.3, 0.4) is 0 Å². The molecule has 1 unspecified atom stereocenters. The van der Waals surface area contributed by atoms with E-state index in [4.69, 9.17) is 0 Å². The third kappa shape index (κ3) is 2.36. The van der Waals surface area contributed by atoms with Crippen LogP contribution in [0.1, 0.15) is 22.9 Å². The monoisotopic (exact) mass is 233 g/mol. The van der Waals surface area contributed by atoms with E-state index in [1.54, 1.807) is 16.8 Å². The lowest BCUT2D eigenvalue weighted by Gasteiger charge is -2.16. The topological polar surface area (TPSA) is 29.9 Å². The summed E-state index contributed by atoms with van der Waals surface area (Å²) in [5, 5.41) is 7.51. The van der Waals surface area contributed by atoms with Gasteiger partial charge in [0.2, 0.25) is 0 Å². The van der Waals surface area contributed by atoms with Crippen LogP contribution < -0.4 is 5.32 Å². The second-order valence-electron chi connectivity index (χ2n) is 4.12. The lowest BCUT2D eigenvalue weighted by atomic mass is 9.99. The van der Waals surface area contributed by atoms with E-state index in [9.17, 15) is 4.39 Å². The molecule has 3 nitrogen and oxygen atoms in total. The minimum absolute atomic E-state index is 0.0283. The van der Waals surface area contributed by atoms with Gasteiger partial charge in [-0.15, -0.1) is 0 Å². The number of nitrogens with one attached hydrogen (secondary N) is 1. The summed E-state index contributed by atoms with van der Waals surface area (Å²) in [6, 6.07) is 6.61. The predicted molar refractivity (Wildman–Crippen MR) is 65.2 cm³/mol. The van der Waals surface area contributed by atoms with Crippen molar-refractivity contribution < 1.29 is 4.39 Å². The van der Waals surface area contributed by atoms with Crippen LogP contribution >= 0.6 is 0 Å². The molecule has 2 rings (SSSR count). The summed E-state index contributed by atoms with van der Waals surface area (Å²) in [6.07, 6.45) is 1.96. The number of hydrogen-bond acceptors (Lipinski definition) is 2. The molecule has 1 heterocycles. The van der Waals surface area contributed by atoms with E-state index < -0.39 is 0 Å². The van der Waals surface area contributed by atoms with Crippen molar-refractivity contribution in [2.24, 2.45) is 7.05 Å². The van der Waals surface area contributed by atoms with Crippen LogP contribution in [0, 0.1) is 12.7 Å². The smallest absolute Gasteiger partial charge is 0.123 e. The molecule has 1 atom stereocenters. The Kier molecular flexibility index (Phi) is 3.24. The highest BCUT2D eigenvalue weighted by Crippen LogP contribution is 2.24. The average molecular weight is 233 g/mol. The van der Waals surface area contributed by atoms with E-state index in [1.165, 1.54) is 6.07 Å². The molecule has 0 spiro atoms.